The predicted molar refractivity (Wildman–Crippen MR) is 56.2 cm³/mol. The molecule has 0 spiro atoms. The van der Waals surface area contributed by atoms with E-state index in [2.05, 4.69) is 8.92 Å². The van der Waals surface area contributed by atoms with Gasteiger partial charge in [-0.25, -0.2) is 0 Å². The van der Waals surface area contributed by atoms with Crippen LogP contribution in [0.3, 0.4) is 0 Å². The summed E-state index contributed by atoms with van der Waals surface area (Å²) in [5.41, 5.74) is 0.930. The van der Waals surface area contributed by atoms with Gasteiger partial charge in [0.1, 0.15) is 0 Å². The van der Waals surface area contributed by atoms with Crippen LogP contribution in [0, 0.1) is 6.92 Å². The van der Waals surface area contributed by atoms with Crippen LogP contribution in [0.1, 0.15) is 9.68 Å². The Morgan fingerprint density at radius 3 is 2.53 bits per heavy atom. The first-order chi connectivity index (χ1) is 8.21. The van der Waals surface area contributed by atoms with Crippen molar-refractivity contribution in [2.24, 2.45) is 0 Å². The summed E-state index contributed by atoms with van der Waals surface area (Å²) in [6, 6.07) is 6.15. The molecule has 0 fully saturated rings. The molecule has 4 nitrogen and oxygen atoms in total. The minimum Gasteiger partial charge on any atom is -0.382 e. The van der Waals surface area contributed by atoms with E-state index in [1.54, 1.807) is 12.1 Å². The fourth-order valence-corrected chi connectivity index (χ4v) is 1.85. The maximum Gasteiger partial charge on any atom is 0.297 e. The van der Waals surface area contributed by atoms with Gasteiger partial charge in [0.25, 0.3) is 10.1 Å². The zero-order valence-electron chi connectivity index (χ0n) is 11.3. The van der Waals surface area contributed by atoms with Gasteiger partial charge in [-0.15, -0.1) is 0 Å². The summed E-state index contributed by atoms with van der Waals surface area (Å²) in [4.78, 5) is 0.0296. The van der Waals surface area contributed by atoms with E-state index in [0.717, 1.165) is 5.56 Å². The first-order valence-corrected chi connectivity index (χ1v) is 5.72. The first kappa shape index (κ1) is 8.27. The molecule has 1 aromatic carbocycles. The molecular formula is C10H14O4S. The third-order valence-electron chi connectivity index (χ3n) is 1.73. The van der Waals surface area contributed by atoms with E-state index in [1.165, 1.54) is 12.1 Å². The molecule has 0 bridgehead atoms. The molecular weight excluding hydrogens is 216 g/mol. The Hall–Kier alpha value is -0.910. The van der Waals surface area contributed by atoms with Gasteiger partial charge in [-0.3, -0.25) is 4.18 Å². The van der Waals surface area contributed by atoms with E-state index < -0.39 is 17.2 Å². The number of ether oxygens (including phenoxy) is 1. The average molecular weight is 233 g/mol. The summed E-state index contributed by atoms with van der Waals surface area (Å²) < 4.78 is 52.6. The van der Waals surface area contributed by atoms with Crippen molar-refractivity contribution in [3.05, 3.63) is 29.8 Å². The summed E-state index contributed by atoms with van der Waals surface area (Å²) in [7, 11) is -6.40. The van der Waals surface area contributed by atoms with Crippen LogP contribution in [0.5, 0.6) is 0 Å². The van der Waals surface area contributed by atoms with Crippen LogP contribution in [0.4, 0.5) is 0 Å². The molecule has 84 valence electrons. The molecule has 1 aromatic rings. The van der Waals surface area contributed by atoms with Crippen molar-refractivity contribution in [3.63, 3.8) is 0 Å². The Morgan fingerprint density at radius 1 is 1.27 bits per heavy atom. The maximum absolute atomic E-state index is 11.6. The van der Waals surface area contributed by atoms with Gasteiger partial charge in [0.05, 0.1) is 22.2 Å². The fourth-order valence-electron chi connectivity index (χ4n) is 0.958. The average Bonchev–Trinajstić information content (AvgIpc) is 2.24. The van der Waals surface area contributed by atoms with Gasteiger partial charge in [0.15, 0.2) is 0 Å². The normalized spacial score (nSPS) is 15.4. The van der Waals surface area contributed by atoms with Crippen molar-refractivity contribution in [1.29, 1.82) is 0 Å². The molecule has 0 aliphatic carbocycles. The van der Waals surface area contributed by atoms with E-state index in [4.69, 9.17) is 4.11 Å². The third kappa shape index (κ3) is 3.62. The van der Waals surface area contributed by atoms with Crippen molar-refractivity contribution in [3.8, 4) is 0 Å². The topological polar surface area (TPSA) is 52.6 Å². The highest BCUT2D eigenvalue weighted by Gasteiger charge is 2.13. The number of aryl methyl sites for hydroxylation is 1. The zero-order chi connectivity index (χ0) is 13.8. The molecule has 0 atom stereocenters. The molecule has 1 rings (SSSR count). The largest absolute Gasteiger partial charge is 0.382 e. The first-order valence-electron chi connectivity index (χ1n) is 5.81. The summed E-state index contributed by atoms with van der Waals surface area (Å²) in [5.74, 6) is 0. The van der Waals surface area contributed by atoms with Crippen LogP contribution >= 0.6 is 0 Å². The second-order valence-electron chi connectivity index (χ2n) is 2.94. The van der Waals surface area contributed by atoms with Crippen molar-refractivity contribution < 1.29 is 21.5 Å². The number of hydrogen-bond acceptors (Lipinski definition) is 4. The lowest BCUT2D eigenvalue weighted by molar-refractivity contribution is 0.149. The lowest BCUT2D eigenvalue weighted by Gasteiger charge is -2.04. The van der Waals surface area contributed by atoms with Gasteiger partial charge in [0, 0.05) is 7.04 Å². The molecule has 5 heteroatoms. The van der Waals surface area contributed by atoms with E-state index in [1.807, 2.05) is 6.92 Å². The molecule has 0 saturated heterocycles. The number of methoxy groups -OCH3 is 1. The molecule has 0 aliphatic rings. The van der Waals surface area contributed by atoms with Gasteiger partial charge < -0.3 is 4.74 Å². The van der Waals surface area contributed by atoms with Crippen LogP contribution in [0.15, 0.2) is 29.2 Å². The lowest BCUT2D eigenvalue weighted by atomic mass is 10.2. The molecule has 0 radical (unpaired) electrons. The number of benzene rings is 1. The standard InChI is InChI=1S/C10H14O4S/c1-9-3-5-10(6-4-9)15(11,12)14-8-7-13-2/h3-6H,7-8H2,1-2H3/i2D3. The summed E-state index contributed by atoms with van der Waals surface area (Å²) >= 11 is 0. The Balaban J connectivity index is 2.53. The lowest BCUT2D eigenvalue weighted by Crippen LogP contribution is -2.10. The van der Waals surface area contributed by atoms with E-state index in [0.29, 0.717) is 0 Å². The van der Waals surface area contributed by atoms with E-state index in [-0.39, 0.29) is 18.1 Å². The van der Waals surface area contributed by atoms with Gasteiger partial charge in [-0.1, -0.05) is 17.7 Å². The van der Waals surface area contributed by atoms with Crippen LogP contribution in [-0.4, -0.2) is 28.7 Å². The quantitative estimate of drug-likeness (QED) is 0.569. The van der Waals surface area contributed by atoms with Crippen LogP contribution in [0.25, 0.3) is 0 Å². The molecule has 0 aromatic heterocycles. The minimum absolute atomic E-state index is 0.0296. The second-order valence-corrected chi connectivity index (χ2v) is 4.55. The molecule has 0 heterocycles. The molecule has 0 amide bonds. The van der Waals surface area contributed by atoms with Crippen LogP contribution in [0.2, 0.25) is 0 Å². The van der Waals surface area contributed by atoms with Gasteiger partial charge in [-0.2, -0.15) is 8.42 Å². The van der Waals surface area contributed by atoms with Crippen molar-refractivity contribution in [2.75, 3.05) is 20.3 Å². The van der Waals surface area contributed by atoms with Crippen molar-refractivity contribution in [2.45, 2.75) is 11.8 Å². The Kier molecular flexibility index (Phi) is 2.89. The monoisotopic (exact) mass is 233 g/mol. The highest BCUT2D eigenvalue weighted by Crippen LogP contribution is 2.12. The van der Waals surface area contributed by atoms with Crippen molar-refractivity contribution >= 4 is 10.1 Å². The van der Waals surface area contributed by atoms with E-state index in [9.17, 15) is 8.42 Å². The second kappa shape index (κ2) is 5.25. The minimum atomic E-state index is -3.86. The van der Waals surface area contributed by atoms with Crippen LogP contribution in [-0.2, 0) is 19.0 Å². The number of rotatable bonds is 5. The van der Waals surface area contributed by atoms with Crippen molar-refractivity contribution in [1.82, 2.24) is 0 Å². The predicted octanol–water partition coefficient (Wildman–Crippen LogP) is 1.35. The smallest absolute Gasteiger partial charge is 0.297 e. The van der Waals surface area contributed by atoms with Gasteiger partial charge in [-0.05, 0) is 19.1 Å². The molecule has 0 unspecified atom stereocenters. The van der Waals surface area contributed by atoms with E-state index >= 15 is 0 Å². The summed E-state index contributed by atoms with van der Waals surface area (Å²) in [6.07, 6.45) is 0. The zero-order valence-corrected chi connectivity index (χ0v) is 9.08. The Morgan fingerprint density at radius 2 is 1.93 bits per heavy atom. The third-order valence-corrected chi connectivity index (χ3v) is 3.06. The Labute approximate surface area is 94.2 Å². The molecule has 0 aliphatic heterocycles. The summed E-state index contributed by atoms with van der Waals surface area (Å²) in [5, 5.41) is 0. The number of hydrogen-bond donors (Lipinski definition) is 0. The van der Waals surface area contributed by atoms with Gasteiger partial charge in [0.2, 0.25) is 0 Å². The summed E-state index contributed by atoms with van der Waals surface area (Å²) in [6.45, 7) is 1.18. The fraction of sp³-hybridized carbons (Fsp3) is 0.400. The molecule has 15 heavy (non-hydrogen) atoms. The molecule has 0 N–H and O–H groups in total. The maximum atomic E-state index is 11.6. The highest BCUT2D eigenvalue weighted by atomic mass is 32.2. The van der Waals surface area contributed by atoms with Crippen LogP contribution < -0.4 is 0 Å². The molecule has 0 saturated carbocycles. The highest BCUT2D eigenvalue weighted by molar-refractivity contribution is 7.86. The SMILES string of the molecule is [2H]C([2H])([2H])OCCOS(=O)(=O)c1ccc(C)cc1. The van der Waals surface area contributed by atoms with Gasteiger partial charge >= 0.3 is 0 Å². The Bertz CT molecular complexity index is 479.